The summed E-state index contributed by atoms with van der Waals surface area (Å²) in [7, 11) is 0. The molecule has 0 unspecified atom stereocenters. The molecule has 2 nitrogen and oxygen atoms in total. The monoisotopic (exact) mass is 291 g/mol. The van der Waals surface area contributed by atoms with Gasteiger partial charge >= 0.3 is 0 Å². The van der Waals surface area contributed by atoms with Gasteiger partial charge in [-0.15, -0.1) is 11.8 Å². The number of hydrogen-bond donors (Lipinski definition) is 1. The van der Waals surface area contributed by atoms with E-state index < -0.39 is 0 Å². The van der Waals surface area contributed by atoms with Crippen LogP contribution >= 0.6 is 11.8 Å². The molecule has 1 fully saturated rings. The number of nitrogens with one attached hydrogen (secondary N) is 1. The fraction of sp³-hybridized carbons (Fsp3) is 0.588. The van der Waals surface area contributed by atoms with Crippen molar-refractivity contribution in [1.82, 2.24) is 5.32 Å². The van der Waals surface area contributed by atoms with Crippen LogP contribution in [-0.4, -0.2) is 18.2 Å². The van der Waals surface area contributed by atoms with Crippen LogP contribution < -0.4 is 5.32 Å². The molecule has 0 aliphatic heterocycles. The Labute approximate surface area is 126 Å². The minimum Gasteiger partial charge on any atom is -0.355 e. The molecule has 0 heterocycles. The molecule has 0 radical (unpaired) electrons. The molecule has 1 N–H and O–H groups in total. The van der Waals surface area contributed by atoms with Gasteiger partial charge in [0.15, 0.2) is 0 Å². The van der Waals surface area contributed by atoms with Crippen LogP contribution in [0.2, 0.25) is 0 Å². The maximum Gasteiger partial charge on any atom is 0.230 e. The van der Waals surface area contributed by atoms with E-state index in [0.29, 0.717) is 5.75 Å². The normalized spacial score (nSPS) is 16.1. The minimum absolute atomic E-state index is 0.188. The number of carbonyl (C=O) groups is 1. The van der Waals surface area contributed by atoms with Gasteiger partial charge in [-0.1, -0.05) is 49.1 Å². The Hall–Kier alpha value is -0.960. The van der Waals surface area contributed by atoms with E-state index in [9.17, 15) is 4.79 Å². The second-order valence-electron chi connectivity index (χ2n) is 5.79. The van der Waals surface area contributed by atoms with Crippen LogP contribution in [0.1, 0.15) is 43.2 Å². The lowest BCUT2D eigenvalue weighted by atomic mass is 9.89. The third-order valence-corrected chi connectivity index (χ3v) is 4.94. The number of carbonyl (C=O) groups excluding carboxylic acids is 1. The van der Waals surface area contributed by atoms with Crippen LogP contribution in [0.15, 0.2) is 24.3 Å². The molecule has 1 aliphatic rings. The van der Waals surface area contributed by atoms with Crippen molar-refractivity contribution < 1.29 is 4.79 Å². The van der Waals surface area contributed by atoms with Crippen molar-refractivity contribution in [2.75, 3.05) is 12.3 Å². The second kappa shape index (κ2) is 8.35. The van der Waals surface area contributed by atoms with Crippen LogP contribution in [-0.2, 0) is 10.5 Å². The Morgan fingerprint density at radius 3 is 2.60 bits per heavy atom. The first-order valence-corrected chi connectivity index (χ1v) is 8.79. The minimum atomic E-state index is 0.188. The van der Waals surface area contributed by atoms with Crippen LogP contribution in [0.5, 0.6) is 0 Å². The van der Waals surface area contributed by atoms with Gasteiger partial charge in [-0.3, -0.25) is 4.79 Å². The number of rotatable bonds is 6. The largest absolute Gasteiger partial charge is 0.355 e. The summed E-state index contributed by atoms with van der Waals surface area (Å²) in [6.07, 6.45) is 6.62. The molecule has 0 atom stereocenters. The lowest BCUT2D eigenvalue weighted by molar-refractivity contribution is -0.118. The highest BCUT2D eigenvalue weighted by atomic mass is 32.2. The zero-order valence-electron chi connectivity index (χ0n) is 12.4. The van der Waals surface area contributed by atoms with Gasteiger partial charge in [0.05, 0.1) is 5.75 Å². The molecule has 1 aromatic rings. The van der Waals surface area contributed by atoms with Crippen LogP contribution in [0, 0.1) is 12.8 Å². The fourth-order valence-electron chi connectivity index (χ4n) is 2.65. The van der Waals surface area contributed by atoms with Crippen molar-refractivity contribution in [3.8, 4) is 0 Å². The first-order valence-electron chi connectivity index (χ1n) is 7.64. The van der Waals surface area contributed by atoms with Crippen molar-refractivity contribution in [1.29, 1.82) is 0 Å². The van der Waals surface area contributed by atoms with Crippen LogP contribution in [0.4, 0.5) is 0 Å². The predicted octanol–water partition coefficient (Wildman–Crippen LogP) is 3.92. The quantitative estimate of drug-likeness (QED) is 0.860. The molecule has 0 bridgehead atoms. The van der Waals surface area contributed by atoms with Crippen molar-refractivity contribution >= 4 is 17.7 Å². The molecular weight excluding hydrogens is 266 g/mol. The number of amides is 1. The van der Waals surface area contributed by atoms with E-state index >= 15 is 0 Å². The molecule has 2 rings (SSSR count). The van der Waals surface area contributed by atoms with E-state index in [1.54, 1.807) is 11.8 Å². The molecule has 1 aromatic carbocycles. The Balaban J connectivity index is 1.58. The summed E-state index contributed by atoms with van der Waals surface area (Å²) in [6, 6.07) is 8.53. The van der Waals surface area contributed by atoms with Gasteiger partial charge in [0.2, 0.25) is 5.91 Å². The summed E-state index contributed by atoms with van der Waals surface area (Å²) in [5, 5.41) is 3.09. The highest BCUT2D eigenvalue weighted by molar-refractivity contribution is 7.99. The summed E-state index contributed by atoms with van der Waals surface area (Å²) in [4.78, 5) is 11.8. The summed E-state index contributed by atoms with van der Waals surface area (Å²) in [5.74, 6) is 2.39. The smallest absolute Gasteiger partial charge is 0.230 e. The van der Waals surface area contributed by atoms with E-state index in [0.717, 1.165) is 18.2 Å². The maximum absolute atomic E-state index is 11.8. The number of benzene rings is 1. The van der Waals surface area contributed by atoms with Gasteiger partial charge in [-0.25, -0.2) is 0 Å². The van der Waals surface area contributed by atoms with Gasteiger partial charge < -0.3 is 5.32 Å². The van der Waals surface area contributed by atoms with Gasteiger partial charge in [0.1, 0.15) is 0 Å². The predicted molar refractivity (Wildman–Crippen MR) is 86.9 cm³/mol. The maximum atomic E-state index is 11.8. The van der Waals surface area contributed by atoms with E-state index in [4.69, 9.17) is 0 Å². The SMILES string of the molecule is Cc1ccc(CSCC(=O)NCC2CCCCC2)cc1. The summed E-state index contributed by atoms with van der Waals surface area (Å²) < 4.78 is 0. The number of hydrogen-bond acceptors (Lipinski definition) is 2. The molecule has 3 heteroatoms. The number of thioether (sulfide) groups is 1. The first kappa shape index (κ1) is 15.4. The molecule has 0 spiro atoms. The molecule has 1 amide bonds. The fourth-order valence-corrected chi connectivity index (χ4v) is 3.46. The van der Waals surface area contributed by atoms with Crippen molar-refractivity contribution in [3.63, 3.8) is 0 Å². The highest BCUT2D eigenvalue weighted by Gasteiger charge is 2.14. The van der Waals surface area contributed by atoms with Gasteiger partial charge in [0.25, 0.3) is 0 Å². The van der Waals surface area contributed by atoms with E-state index in [1.807, 2.05) is 0 Å². The highest BCUT2D eigenvalue weighted by Crippen LogP contribution is 2.22. The van der Waals surface area contributed by atoms with E-state index in [2.05, 4.69) is 36.5 Å². The molecule has 0 aromatic heterocycles. The zero-order valence-corrected chi connectivity index (χ0v) is 13.2. The molecular formula is C17H25NOS. The molecule has 110 valence electrons. The van der Waals surface area contributed by atoms with Gasteiger partial charge in [-0.2, -0.15) is 0 Å². The van der Waals surface area contributed by atoms with Crippen molar-refractivity contribution in [2.24, 2.45) is 5.92 Å². The van der Waals surface area contributed by atoms with E-state index in [1.165, 1.54) is 43.2 Å². The molecule has 1 saturated carbocycles. The number of aryl methyl sites for hydroxylation is 1. The summed E-state index contributed by atoms with van der Waals surface area (Å²) >= 11 is 1.69. The summed E-state index contributed by atoms with van der Waals surface area (Å²) in [5.41, 5.74) is 2.57. The standard InChI is InChI=1S/C17H25NOS/c1-14-7-9-16(10-8-14)12-20-13-17(19)18-11-15-5-3-2-4-6-15/h7-10,15H,2-6,11-13H2,1H3,(H,18,19). The van der Waals surface area contributed by atoms with E-state index in [-0.39, 0.29) is 5.91 Å². The molecule has 1 aliphatic carbocycles. The van der Waals surface area contributed by atoms with Crippen LogP contribution in [0.3, 0.4) is 0 Å². The van der Waals surface area contributed by atoms with Gasteiger partial charge in [-0.05, 0) is 31.2 Å². The third kappa shape index (κ3) is 5.58. The van der Waals surface area contributed by atoms with Crippen molar-refractivity contribution in [3.05, 3.63) is 35.4 Å². The zero-order chi connectivity index (χ0) is 14.2. The Kier molecular flexibility index (Phi) is 6.44. The van der Waals surface area contributed by atoms with Gasteiger partial charge in [0, 0.05) is 12.3 Å². The molecule has 20 heavy (non-hydrogen) atoms. The molecule has 0 saturated heterocycles. The Morgan fingerprint density at radius 1 is 1.20 bits per heavy atom. The average molecular weight is 291 g/mol. The first-order chi connectivity index (χ1) is 9.74. The third-order valence-electron chi connectivity index (χ3n) is 3.94. The Morgan fingerprint density at radius 2 is 1.90 bits per heavy atom. The van der Waals surface area contributed by atoms with Crippen molar-refractivity contribution in [2.45, 2.75) is 44.8 Å². The van der Waals surface area contributed by atoms with Crippen LogP contribution in [0.25, 0.3) is 0 Å². The summed E-state index contributed by atoms with van der Waals surface area (Å²) in [6.45, 7) is 2.97. The lowest BCUT2D eigenvalue weighted by Gasteiger charge is -2.21. The average Bonchev–Trinajstić information content (AvgIpc) is 2.48. The topological polar surface area (TPSA) is 29.1 Å². The lowest BCUT2D eigenvalue weighted by Crippen LogP contribution is -2.31. The Bertz CT molecular complexity index is 410. The second-order valence-corrected chi connectivity index (χ2v) is 6.77.